The van der Waals surface area contributed by atoms with Gasteiger partial charge in [0.1, 0.15) is 12.4 Å². The Kier molecular flexibility index (Phi) is 1.11. The summed E-state index contributed by atoms with van der Waals surface area (Å²) in [5.41, 5.74) is 0. The van der Waals surface area contributed by atoms with E-state index in [0.717, 1.165) is 18.5 Å². The third-order valence-corrected chi connectivity index (χ3v) is 0.892. The second kappa shape index (κ2) is 1.61. The molecule has 1 saturated heterocycles. The zero-order valence-electron chi connectivity index (χ0n) is 3.48. The van der Waals surface area contributed by atoms with Gasteiger partial charge in [0.25, 0.3) is 0 Å². The highest BCUT2D eigenvalue weighted by Crippen LogP contribution is 2.13. The van der Waals surface area contributed by atoms with Crippen LogP contribution >= 0.6 is 9.24 Å². The van der Waals surface area contributed by atoms with Gasteiger partial charge in [-0.1, -0.05) is 0 Å². The molecule has 0 bridgehead atoms. The van der Waals surface area contributed by atoms with Crippen molar-refractivity contribution in [3.8, 4) is 0 Å². The molecule has 1 fully saturated rings. The molecule has 1 heterocycles. The first kappa shape index (κ1) is 4.14. The highest BCUT2D eigenvalue weighted by atomic mass is 31.0. The van der Waals surface area contributed by atoms with E-state index in [-0.39, 0.29) is 0 Å². The minimum absolute atomic E-state index is 0.869. The summed E-state index contributed by atoms with van der Waals surface area (Å²) >= 11 is 0. The molecule has 0 N–H and O–H groups in total. The molecule has 0 radical (unpaired) electrons. The summed E-state index contributed by atoms with van der Waals surface area (Å²) < 4.78 is 4.80. The van der Waals surface area contributed by atoms with Crippen LogP contribution in [0.25, 0.3) is 0 Å². The molecule has 0 aromatic heterocycles. The molecular weight excluding hydrogens is 95.0 g/mol. The van der Waals surface area contributed by atoms with Crippen LogP contribution < -0.4 is 0 Å². The van der Waals surface area contributed by atoms with Gasteiger partial charge in [-0.2, -0.15) is 0 Å². The Labute approximate surface area is 39.6 Å². The molecule has 0 aromatic rings. The Hall–Kier alpha value is -0.0300. The molecule has 1 nitrogen and oxygen atoms in total. The molecule has 0 spiro atoms. The molecule has 1 rings (SSSR count). The van der Waals surface area contributed by atoms with Crippen LogP contribution in [0.4, 0.5) is 0 Å². The van der Waals surface area contributed by atoms with E-state index >= 15 is 0 Å². The van der Waals surface area contributed by atoms with Crippen molar-refractivity contribution in [2.45, 2.75) is 0 Å². The van der Waals surface area contributed by atoms with Gasteiger partial charge < -0.3 is 4.74 Å². The first-order chi connectivity index (χ1) is 2.93. The molecular formula is C4H7OP. The van der Waals surface area contributed by atoms with Gasteiger partial charge in [0.15, 0.2) is 0 Å². The highest BCUT2D eigenvalue weighted by molar-refractivity contribution is 7.16. The van der Waals surface area contributed by atoms with E-state index in [0.29, 0.717) is 0 Å². The number of ether oxygens (including phenoxy) is 1. The number of epoxide rings is 1. The van der Waals surface area contributed by atoms with Crippen LogP contribution in [0.1, 0.15) is 0 Å². The average molecular weight is 102 g/mol. The Balaban J connectivity index is 2.24. The van der Waals surface area contributed by atoms with Crippen LogP contribution in [0.2, 0.25) is 0 Å². The largest absolute Gasteiger partial charge is 0.487 e. The molecule has 0 amide bonds. The summed E-state index contributed by atoms with van der Waals surface area (Å²) in [5.74, 6) is 1.14. The lowest BCUT2D eigenvalue weighted by Crippen LogP contribution is -1.53. The fourth-order valence-corrected chi connectivity index (χ4v) is 0.554. The van der Waals surface area contributed by atoms with E-state index in [4.69, 9.17) is 4.74 Å². The Bertz CT molecular complexity index is 71.6. The number of allylic oxidation sites excluding steroid dienone is 1. The molecule has 0 aliphatic carbocycles. The highest BCUT2D eigenvalue weighted by Gasteiger charge is 2.09. The molecule has 1 unspecified atom stereocenters. The molecule has 0 aromatic carbocycles. The maximum atomic E-state index is 4.80. The van der Waals surface area contributed by atoms with E-state index in [1.807, 2.05) is 0 Å². The first-order valence-corrected chi connectivity index (χ1v) is 2.77. The average Bonchev–Trinajstić information content (AvgIpc) is 2.21. The molecule has 1 aliphatic heterocycles. The van der Waals surface area contributed by atoms with E-state index < -0.39 is 0 Å². The van der Waals surface area contributed by atoms with Gasteiger partial charge in [0, 0.05) is 0 Å². The molecule has 6 heavy (non-hydrogen) atoms. The maximum Gasteiger partial charge on any atom is 0.145 e. The van der Waals surface area contributed by atoms with E-state index in [2.05, 4.69) is 15.3 Å². The summed E-state index contributed by atoms with van der Waals surface area (Å²) in [6.07, 6.45) is 3.08. The van der Waals surface area contributed by atoms with Crippen LogP contribution in [0, 0.1) is 0 Å². The van der Waals surface area contributed by atoms with Crippen LogP contribution in [-0.4, -0.2) is 12.8 Å². The topological polar surface area (TPSA) is 12.5 Å². The van der Waals surface area contributed by atoms with Gasteiger partial charge in [-0.3, -0.25) is 0 Å². The van der Waals surface area contributed by atoms with Crippen LogP contribution in [0.15, 0.2) is 11.8 Å². The van der Waals surface area contributed by atoms with Crippen molar-refractivity contribution in [2.24, 2.45) is 0 Å². The molecule has 0 saturated carbocycles. The number of hydrogen-bond donors (Lipinski definition) is 0. The second-order valence-corrected chi connectivity index (χ2v) is 1.67. The van der Waals surface area contributed by atoms with Gasteiger partial charge in [-0.25, -0.2) is 0 Å². The quantitative estimate of drug-likeness (QED) is 0.352. The predicted molar refractivity (Wildman–Crippen MR) is 28.6 cm³/mol. The van der Waals surface area contributed by atoms with E-state index in [9.17, 15) is 0 Å². The monoisotopic (exact) mass is 102 g/mol. The van der Waals surface area contributed by atoms with Crippen LogP contribution in [0.3, 0.4) is 0 Å². The van der Waals surface area contributed by atoms with Crippen molar-refractivity contribution in [1.29, 1.82) is 0 Å². The standard InChI is InChI=1S/C4H7OP/c6-2-1-4-3-5-4/h1H,2-3,6H2/b4-1+. The molecule has 1 aliphatic rings. The van der Waals surface area contributed by atoms with Crippen molar-refractivity contribution in [3.05, 3.63) is 11.8 Å². The second-order valence-electron chi connectivity index (χ2n) is 1.19. The Morgan fingerprint density at radius 2 is 2.67 bits per heavy atom. The SMILES string of the molecule is PC/C=C1\CO1. The first-order valence-electron chi connectivity index (χ1n) is 1.95. The zero-order valence-corrected chi connectivity index (χ0v) is 4.63. The van der Waals surface area contributed by atoms with Crippen LogP contribution in [-0.2, 0) is 4.74 Å². The number of rotatable bonds is 1. The van der Waals surface area contributed by atoms with Gasteiger partial charge in [-0.05, 0) is 12.2 Å². The van der Waals surface area contributed by atoms with E-state index in [1.165, 1.54) is 0 Å². The van der Waals surface area contributed by atoms with Gasteiger partial charge in [-0.15, -0.1) is 9.24 Å². The third kappa shape index (κ3) is 0.983. The Morgan fingerprint density at radius 3 is 2.83 bits per heavy atom. The lowest BCUT2D eigenvalue weighted by molar-refractivity contribution is 0.509. The van der Waals surface area contributed by atoms with Gasteiger partial charge >= 0.3 is 0 Å². The summed E-state index contributed by atoms with van der Waals surface area (Å²) in [6, 6.07) is 0. The van der Waals surface area contributed by atoms with E-state index in [1.54, 1.807) is 0 Å². The van der Waals surface area contributed by atoms with Crippen molar-refractivity contribution in [1.82, 2.24) is 0 Å². The number of hydrogen-bond acceptors (Lipinski definition) is 1. The lowest BCUT2D eigenvalue weighted by atomic mass is 10.6. The van der Waals surface area contributed by atoms with Crippen molar-refractivity contribution in [3.63, 3.8) is 0 Å². The van der Waals surface area contributed by atoms with Gasteiger partial charge in [0.2, 0.25) is 0 Å². The predicted octanol–water partition coefficient (Wildman–Crippen LogP) is 0.776. The molecule has 2 heteroatoms. The Morgan fingerprint density at radius 1 is 2.00 bits per heavy atom. The summed E-state index contributed by atoms with van der Waals surface area (Å²) in [7, 11) is 2.61. The normalized spacial score (nSPS) is 23.8. The zero-order chi connectivity index (χ0) is 4.41. The van der Waals surface area contributed by atoms with Gasteiger partial charge in [0.05, 0.1) is 0 Å². The van der Waals surface area contributed by atoms with Crippen molar-refractivity contribution in [2.75, 3.05) is 12.8 Å². The maximum absolute atomic E-state index is 4.80. The smallest absolute Gasteiger partial charge is 0.145 e. The fraction of sp³-hybridized carbons (Fsp3) is 0.500. The van der Waals surface area contributed by atoms with Crippen LogP contribution in [0.5, 0.6) is 0 Å². The lowest BCUT2D eigenvalue weighted by Gasteiger charge is -1.64. The third-order valence-electron chi connectivity index (χ3n) is 0.657. The summed E-state index contributed by atoms with van der Waals surface area (Å²) in [6.45, 7) is 0.869. The summed E-state index contributed by atoms with van der Waals surface area (Å²) in [4.78, 5) is 0. The van der Waals surface area contributed by atoms with Crippen molar-refractivity contribution < 1.29 is 4.74 Å². The van der Waals surface area contributed by atoms with Crippen molar-refractivity contribution >= 4 is 9.24 Å². The summed E-state index contributed by atoms with van der Waals surface area (Å²) in [5, 5.41) is 0. The fourth-order valence-electron chi connectivity index (χ4n) is 0.291. The molecule has 34 valence electrons. The minimum Gasteiger partial charge on any atom is -0.487 e. The molecule has 1 atom stereocenters. The minimum atomic E-state index is 0.869.